The van der Waals surface area contributed by atoms with E-state index in [0.717, 1.165) is 11.0 Å². The molecule has 1 atom stereocenters. The molecule has 3 aromatic rings. The van der Waals surface area contributed by atoms with Crippen molar-refractivity contribution in [2.24, 2.45) is 0 Å². The van der Waals surface area contributed by atoms with Gasteiger partial charge >= 0.3 is 5.69 Å². The Morgan fingerprint density at radius 2 is 1.75 bits per heavy atom. The molecule has 1 aromatic heterocycles. The average molecular weight is 488 g/mol. The molecule has 3 aliphatic rings. The Morgan fingerprint density at radius 3 is 2.56 bits per heavy atom. The van der Waals surface area contributed by atoms with Gasteiger partial charge < -0.3 is 14.8 Å². The number of aromatic amines is 1. The highest BCUT2D eigenvalue weighted by Crippen LogP contribution is 2.44. The molecule has 4 heterocycles. The number of hydrogen-bond acceptors (Lipinski definition) is 4. The first-order valence-corrected chi connectivity index (χ1v) is 12.6. The van der Waals surface area contributed by atoms with E-state index in [1.807, 2.05) is 52.8 Å². The van der Waals surface area contributed by atoms with Crippen LogP contribution in [-0.2, 0) is 9.59 Å². The summed E-state index contributed by atoms with van der Waals surface area (Å²) in [6.07, 6.45) is 2.52. The number of fused-ring (bicyclic) bond motifs is 4. The minimum atomic E-state index is -0.758. The fourth-order valence-corrected chi connectivity index (χ4v) is 6.22. The molecular weight excluding hydrogens is 458 g/mol. The number of H-pyrrole nitrogens is 1. The predicted octanol–water partition coefficient (Wildman–Crippen LogP) is 2.88. The van der Waals surface area contributed by atoms with Crippen LogP contribution >= 0.6 is 0 Å². The van der Waals surface area contributed by atoms with Crippen molar-refractivity contribution < 1.29 is 14.4 Å². The molecule has 1 N–H and O–H groups in total. The van der Waals surface area contributed by atoms with Crippen LogP contribution in [0.3, 0.4) is 0 Å². The molecule has 1 unspecified atom stereocenters. The molecule has 9 heteroatoms. The van der Waals surface area contributed by atoms with E-state index >= 15 is 0 Å². The summed E-state index contributed by atoms with van der Waals surface area (Å²) in [6, 6.07) is 14.9. The number of carbonyl (C=O) groups excluding carboxylic acids is 3. The first-order chi connectivity index (χ1) is 17.4. The standard InChI is InChI=1S/C27H29N5O4/c1-27-14-10-24(34)32(27)21-8-4-2-6-19(21)25(35)30(27)17-13-23(33)29-15-11-18(12-16-29)31-22-9-5-3-7-20(22)28-26(31)36/h2-9,18H,10-17H2,1H3,(H,28,36). The van der Waals surface area contributed by atoms with Crippen molar-refractivity contribution >= 4 is 34.4 Å². The zero-order valence-corrected chi connectivity index (χ0v) is 20.3. The number of aromatic nitrogens is 2. The van der Waals surface area contributed by atoms with E-state index in [2.05, 4.69) is 4.98 Å². The number of nitrogens with one attached hydrogen (secondary N) is 1. The summed E-state index contributed by atoms with van der Waals surface area (Å²) in [5.74, 6) is -0.140. The van der Waals surface area contributed by atoms with E-state index in [0.29, 0.717) is 50.0 Å². The molecule has 2 saturated heterocycles. The first-order valence-electron chi connectivity index (χ1n) is 12.6. The van der Waals surface area contributed by atoms with Gasteiger partial charge in [0.05, 0.1) is 22.3 Å². The van der Waals surface area contributed by atoms with E-state index in [1.54, 1.807) is 21.9 Å². The van der Waals surface area contributed by atoms with Crippen molar-refractivity contribution in [1.82, 2.24) is 19.4 Å². The van der Waals surface area contributed by atoms with Crippen LogP contribution < -0.4 is 10.6 Å². The zero-order chi connectivity index (χ0) is 25.0. The van der Waals surface area contributed by atoms with Gasteiger partial charge in [-0.1, -0.05) is 24.3 Å². The van der Waals surface area contributed by atoms with Gasteiger partial charge in [0.15, 0.2) is 0 Å². The highest BCUT2D eigenvalue weighted by atomic mass is 16.2. The van der Waals surface area contributed by atoms with Crippen LogP contribution in [0.4, 0.5) is 5.69 Å². The molecule has 6 rings (SSSR count). The minimum Gasteiger partial charge on any atom is -0.342 e. The third kappa shape index (κ3) is 3.37. The van der Waals surface area contributed by atoms with Gasteiger partial charge in [-0.2, -0.15) is 0 Å². The Morgan fingerprint density at radius 1 is 1.03 bits per heavy atom. The molecule has 2 fully saturated rings. The third-order valence-corrected chi connectivity index (χ3v) is 8.10. The smallest absolute Gasteiger partial charge is 0.326 e. The molecular formula is C27H29N5O4. The van der Waals surface area contributed by atoms with E-state index in [1.165, 1.54) is 0 Å². The number of para-hydroxylation sites is 3. The molecule has 0 spiro atoms. The topological polar surface area (TPSA) is 98.7 Å². The van der Waals surface area contributed by atoms with Gasteiger partial charge in [-0.05, 0) is 50.5 Å². The second kappa shape index (κ2) is 8.36. The second-order valence-electron chi connectivity index (χ2n) is 10.1. The minimum absolute atomic E-state index is 0.00312. The lowest BCUT2D eigenvalue weighted by molar-refractivity contribution is -0.132. The molecule has 2 aromatic carbocycles. The number of amides is 3. The van der Waals surface area contributed by atoms with Gasteiger partial charge in [0.1, 0.15) is 5.66 Å². The fraction of sp³-hybridized carbons (Fsp3) is 0.407. The van der Waals surface area contributed by atoms with Gasteiger partial charge in [-0.3, -0.25) is 23.9 Å². The van der Waals surface area contributed by atoms with E-state index in [4.69, 9.17) is 0 Å². The van der Waals surface area contributed by atoms with Crippen LogP contribution in [0.2, 0.25) is 0 Å². The van der Waals surface area contributed by atoms with Crippen molar-refractivity contribution in [2.45, 2.75) is 50.7 Å². The summed E-state index contributed by atoms with van der Waals surface area (Å²) in [5.41, 5.74) is 2.00. The molecule has 186 valence electrons. The van der Waals surface area contributed by atoms with Crippen molar-refractivity contribution in [1.29, 1.82) is 0 Å². The number of rotatable bonds is 4. The molecule has 9 nitrogen and oxygen atoms in total. The largest absolute Gasteiger partial charge is 0.342 e. The Bertz CT molecular complexity index is 1430. The number of likely N-dealkylation sites (tertiary alicyclic amines) is 1. The normalized spacial score (nSPS) is 22.3. The lowest BCUT2D eigenvalue weighted by Gasteiger charge is -2.48. The number of carbonyl (C=O) groups is 3. The molecule has 3 amide bonds. The van der Waals surface area contributed by atoms with Crippen molar-refractivity contribution in [3.05, 3.63) is 64.6 Å². The number of hydrogen-bond donors (Lipinski definition) is 1. The van der Waals surface area contributed by atoms with Gasteiger partial charge in [-0.15, -0.1) is 0 Å². The number of anilines is 1. The van der Waals surface area contributed by atoms with E-state index < -0.39 is 5.66 Å². The summed E-state index contributed by atoms with van der Waals surface area (Å²) in [7, 11) is 0. The summed E-state index contributed by atoms with van der Waals surface area (Å²) < 4.78 is 1.81. The molecule has 36 heavy (non-hydrogen) atoms. The monoisotopic (exact) mass is 487 g/mol. The Kier molecular flexibility index (Phi) is 5.24. The predicted molar refractivity (Wildman–Crippen MR) is 135 cm³/mol. The number of piperidine rings is 1. The first kappa shape index (κ1) is 22.6. The van der Waals surface area contributed by atoms with Gasteiger partial charge in [0, 0.05) is 38.5 Å². The van der Waals surface area contributed by atoms with Crippen molar-refractivity contribution in [3.8, 4) is 0 Å². The zero-order valence-electron chi connectivity index (χ0n) is 20.3. The lowest BCUT2D eigenvalue weighted by atomic mass is 9.98. The van der Waals surface area contributed by atoms with Gasteiger partial charge in [0.2, 0.25) is 11.8 Å². The molecule has 0 saturated carbocycles. The Hall–Kier alpha value is -3.88. The summed E-state index contributed by atoms with van der Waals surface area (Å²) in [4.78, 5) is 60.0. The SMILES string of the molecule is CC12CCC(=O)N1c1ccccc1C(=O)N2CCC(=O)N1CCC(n2c(=O)[nH]c3ccccc32)CC1. The maximum atomic E-state index is 13.4. The number of benzene rings is 2. The Balaban J connectivity index is 1.14. The van der Waals surface area contributed by atoms with Crippen LogP contribution in [0.1, 0.15) is 55.4 Å². The molecule has 0 bridgehead atoms. The summed E-state index contributed by atoms with van der Waals surface area (Å²) in [6.45, 7) is 3.30. The van der Waals surface area contributed by atoms with Crippen molar-refractivity contribution in [3.63, 3.8) is 0 Å². The summed E-state index contributed by atoms with van der Waals surface area (Å²) >= 11 is 0. The number of imidazole rings is 1. The van der Waals surface area contributed by atoms with Crippen LogP contribution in [0.25, 0.3) is 11.0 Å². The highest BCUT2D eigenvalue weighted by molar-refractivity contribution is 6.10. The lowest BCUT2D eigenvalue weighted by Crippen LogP contribution is -2.62. The van der Waals surface area contributed by atoms with Crippen LogP contribution in [-0.4, -0.2) is 62.4 Å². The van der Waals surface area contributed by atoms with Gasteiger partial charge in [-0.25, -0.2) is 4.79 Å². The maximum Gasteiger partial charge on any atom is 0.326 e. The Labute approximate surface area is 208 Å². The summed E-state index contributed by atoms with van der Waals surface area (Å²) in [5, 5.41) is 0. The van der Waals surface area contributed by atoms with Gasteiger partial charge in [0.25, 0.3) is 5.91 Å². The highest BCUT2D eigenvalue weighted by Gasteiger charge is 2.52. The fourth-order valence-electron chi connectivity index (χ4n) is 6.22. The average Bonchev–Trinajstić information content (AvgIpc) is 3.39. The quantitative estimate of drug-likeness (QED) is 0.612. The van der Waals surface area contributed by atoms with Crippen LogP contribution in [0, 0.1) is 0 Å². The second-order valence-corrected chi connectivity index (χ2v) is 10.1. The molecule has 3 aliphatic heterocycles. The third-order valence-electron chi connectivity index (χ3n) is 8.10. The molecule has 0 radical (unpaired) electrons. The van der Waals surface area contributed by atoms with Crippen LogP contribution in [0.15, 0.2) is 53.3 Å². The van der Waals surface area contributed by atoms with Crippen molar-refractivity contribution in [2.75, 3.05) is 24.5 Å². The number of nitrogens with zero attached hydrogens (tertiary/aromatic N) is 4. The molecule has 0 aliphatic carbocycles. The van der Waals surface area contributed by atoms with E-state index in [-0.39, 0.29) is 42.4 Å². The van der Waals surface area contributed by atoms with E-state index in [9.17, 15) is 19.2 Å². The van der Waals surface area contributed by atoms with Crippen LogP contribution in [0.5, 0.6) is 0 Å². The maximum absolute atomic E-state index is 13.4.